The Morgan fingerprint density at radius 3 is 2.76 bits per heavy atom. The van der Waals surface area contributed by atoms with Crippen molar-refractivity contribution in [2.24, 2.45) is 0 Å². The van der Waals surface area contributed by atoms with E-state index >= 15 is 0 Å². The third-order valence-corrected chi connectivity index (χ3v) is 5.17. The Morgan fingerprint density at radius 2 is 2.10 bits per heavy atom. The molecule has 4 heteroatoms. The van der Waals surface area contributed by atoms with Gasteiger partial charge in [-0.2, -0.15) is 0 Å². The number of thiophene rings is 1. The van der Waals surface area contributed by atoms with Crippen LogP contribution in [0, 0.1) is 0 Å². The third kappa shape index (κ3) is 3.11. The molecule has 0 saturated heterocycles. The fourth-order valence-electron chi connectivity index (χ4n) is 3.10. The maximum absolute atomic E-state index is 12.6. The highest BCUT2D eigenvalue weighted by molar-refractivity contribution is 7.13. The van der Waals surface area contributed by atoms with Crippen molar-refractivity contribution < 1.29 is 0 Å². The molecule has 3 nitrogen and oxygen atoms in total. The molecule has 2 aromatic rings. The Labute approximate surface area is 129 Å². The molecule has 1 N–H and O–H groups in total. The molecule has 0 radical (unpaired) electrons. The molecule has 0 atom stereocenters. The Bertz CT molecular complexity index is 639. The van der Waals surface area contributed by atoms with Crippen LogP contribution in [0.15, 0.2) is 34.4 Å². The summed E-state index contributed by atoms with van der Waals surface area (Å²) in [5, 5.41) is 5.58. The van der Waals surface area contributed by atoms with Gasteiger partial charge in [0.2, 0.25) is 0 Å². The minimum absolute atomic E-state index is 0.147. The van der Waals surface area contributed by atoms with Crippen LogP contribution in [-0.2, 0) is 13.1 Å². The van der Waals surface area contributed by atoms with Gasteiger partial charge in [-0.1, -0.05) is 25.0 Å². The van der Waals surface area contributed by atoms with Gasteiger partial charge in [-0.25, -0.2) is 0 Å². The second kappa shape index (κ2) is 6.58. The van der Waals surface area contributed by atoms with Crippen molar-refractivity contribution in [2.75, 3.05) is 0 Å². The lowest BCUT2D eigenvalue weighted by Gasteiger charge is -2.14. The molecule has 0 bridgehead atoms. The monoisotopic (exact) mass is 302 g/mol. The van der Waals surface area contributed by atoms with Gasteiger partial charge in [0.25, 0.3) is 5.56 Å². The topological polar surface area (TPSA) is 34.0 Å². The quantitative estimate of drug-likeness (QED) is 0.915. The van der Waals surface area contributed by atoms with Gasteiger partial charge in [0, 0.05) is 24.7 Å². The SMILES string of the molecule is CCn1c(-c2cccs2)ccc(CNC2CCCC2)c1=O. The fraction of sp³-hybridized carbons (Fsp3) is 0.471. The highest BCUT2D eigenvalue weighted by atomic mass is 32.1. The van der Waals surface area contributed by atoms with Crippen LogP contribution >= 0.6 is 11.3 Å². The zero-order chi connectivity index (χ0) is 14.7. The van der Waals surface area contributed by atoms with E-state index in [4.69, 9.17) is 0 Å². The summed E-state index contributed by atoms with van der Waals surface area (Å²) in [5.74, 6) is 0. The summed E-state index contributed by atoms with van der Waals surface area (Å²) in [7, 11) is 0. The summed E-state index contributed by atoms with van der Waals surface area (Å²) in [4.78, 5) is 13.8. The first kappa shape index (κ1) is 14.5. The molecular formula is C17H22N2OS. The summed E-state index contributed by atoms with van der Waals surface area (Å²) in [6, 6.07) is 8.77. The molecular weight excluding hydrogens is 280 g/mol. The lowest BCUT2D eigenvalue weighted by molar-refractivity contribution is 0.520. The number of nitrogens with one attached hydrogen (secondary N) is 1. The van der Waals surface area contributed by atoms with Crippen LogP contribution in [0.4, 0.5) is 0 Å². The molecule has 1 saturated carbocycles. The van der Waals surface area contributed by atoms with E-state index in [2.05, 4.69) is 22.8 Å². The van der Waals surface area contributed by atoms with Crippen LogP contribution < -0.4 is 10.9 Å². The van der Waals surface area contributed by atoms with Gasteiger partial charge in [-0.05, 0) is 37.3 Å². The minimum Gasteiger partial charge on any atom is -0.310 e. The Hall–Kier alpha value is -1.39. The van der Waals surface area contributed by atoms with Crippen LogP contribution in [0.1, 0.15) is 38.2 Å². The first-order valence-electron chi connectivity index (χ1n) is 7.79. The maximum atomic E-state index is 12.6. The molecule has 21 heavy (non-hydrogen) atoms. The second-order valence-electron chi connectivity index (χ2n) is 5.63. The predicted molar refractivity (Wildman–Crippen MR) is 88.8 cm³/mol. The van der Waals surface area contributed by atoms with Gasteiger partial charge in [-0.3, -0.25) is 4.79 Å². The second-order valence-corrected chi connectivity index (χ2v) is 6.58. The van der Waals surface area contributed by atoms with E-state index in [1.54, 1.807) is 11.3 Å². The lowest BCUT2D eigenvalue weighted by Crippen LogP contribution is -2.31. The van der Waals surface area contributed by atoms with E-state index in [1.807, 2.05) is 23.6 Å². The van der Waals surface area contributed by atoms with E-state index in [-0.39, 0.29) is 5.56 Å². The Morgan fingerprint density at radius 1 is 1.29 bits per heavy atom. The lowest BCUT2D eigenvalue weighted by atomic mass is 10.2. The van der Waals surface area contributed by atoms with Gasteiger partial charge < -0.3 is 9.88 Å². The molecule has 0 aliphatic heterocycles. The maximum Gasteiger partial charge on any atom is 0.255 e. The highest BCUT2D eigenvalue weighted by Crippen LogP contribution is 2.24. The van der Waals surface area contributed by atoms with Crippen molar-refractivity contribution in [1.82, 2.24) is 9.88 Å². The van der Waals surface area contributed by atoms with Crippen LogP contribution in [0.25, 0.3) is 10.6 Å². The molecule has 0 amide bonds. The van der Waals surface area contributed by atoms with Crippen LogP contribution in [0.3, 0.4) is 0 Å². The number of hydrogen-bond donors (Lipinski definition) is 1. The first-order valence-corrected chi connectivity index (χ1v) is 8.67. The third-order valence-electron chi connectivity index (χ3n) is 4.28. The van der Waals surface area contributed by atoms with Gasteiger partial charge in [-0.15, -0.1) is 11.3 Å². The minimum atomic E-state index is 0.147. The molecule has 1 aliphatic rings. The first-order chi connectivity index (χ1) is 10.3. The average Bonchev–Trinajstić information content (AvgIpc) is 3.19. The molecule has 0 aromatic carbocycles. The van der Waals surface area contributed by atoms with Crippen LogP contribution in [0.2, 0.25) is 0 Å². The number of aromatic nitrogens is 1. The summed E-state index contributed by atoms with van der Waals surface area (Å²) in [6.45, 7) is 3.43. The molecule has 112 valence electrons. The number of hydrogen-bond acceptors (Lipinski definition) is 3. The molecule has 2 heterocycles. The molecule has 2 aromatic heterocycles. The van der Waals surface area contributed by atoms with E-state index in [1.165, 1.54) is 25.7 Å². The van der Waals surface area contributed by atoms with E-state index in [0.29, 0.717) is 19.1 Å². The normalized spacial score (nSPS) is 15.7. The standard InChI is InChI=1S/C17H22N2OS/c1-2-19-15(16-8-5-11-21-16)10-9-13(17(19)20)12-18-14-6-3-4-7-14/h5,8-11,14,18H,2-4,6-7,12H2,1H3. The molecule has 0 unspecified atom stereocenters. The summed E-state index contributed by atoms with van der Waals surface area (Å²) >= 11 is 1.68. The van der Waals surface area contributed by atoms with Gasteiger partial charge in [0.1, 0.15) is 0 Å². The predicted octanol–water partition coefficient (Wildman–Crippen LogP) is 3.63. The van der Waals surface area contributed by atoms with E-state index < -0.39 is 0 Å². The summed E-state index contributed by atoms with van der Waals surface area (Å²) < 4.78 is 1.89. The largest absolute Gasteiger partial charge is 0.310 e. The van der Waals surface area contributed by atoms with Crippen molar-refractivity contribution in [2.45, 2.75) is 51.7 Å². The van der Waals surface area contributed by atoms with Gasteiger partial charge >= 0.3 is 0 Å². The van der Waals surface area contributed by atoms with Crippen LogP contribution in [0.5, 0.6) is 0 Å². The summed E-state index contributed by atoms with van der Waals surface area (Å²) in [6.07, 6.45) is 5.12. The Kier molecular flexibility index (Phi) is 4.56. The zero-order valence-electron chi connectivity index (χ0n) is 12.5. The van der Waals surface area contributed by atoms with Crippen molar-refractivity contribution >= 4 is 11.3 Å². The molecule has 3 rings (SSSR count). The van der Waals surface area contributed by atoms with Crippen LogP contribution in [-0.4, -0.2) is 10.6 Å². The van der Waals surface area contributed by atoms with E-state index in [9.17, 15) is 4.79 Å². The zero-order valence-corrected chi connectivity index (χ0v) is 13.3. The smallest absolute Gasteiger partial charge is 0.255 e. The molecule has 1 fully saturated rings. The van der Waals surface area contributed by atoms with E-state index in [0.717, 1.165) is 16.1 Å². The number of pyridine rings is 1. The summed E-state index contributed by atoms with van der Waals surface area (Å²) in [5.41, 5.74) is 2.06. The Balaban J connectivity index is 1.84. The average molecular weight is 302 g/mol. The highest BCUT2D eigenvalue weighted by Gasteiger charge is 2.15. The number of rotatable bonds is 5. The van der Waals surface area contributed by atoms with Gasteiger partial charge in [0.15, 0.2) is 0 Å². The molecule has 1 aliphatic carbocycles. The van der Waals surface area contributed by atoms with Crippen molar-refractivity contribution in [1.29, 1.82) is 0 Å². The fourth-order valence-corrected chi connectivity index (χ4v) is 3.86. The number of nitrogens with zero attached hydrogens (tertiary/aromatic N) is 1. The van der Waals surface area contributed by atoms with Gasteiger partial charge in [0.05, 0.1) is 10.6 Å². The van der Waals surface area contributed by atoms with Crippen molar-refractivity contribution in [3.8, 4) is 10.6 Å². The van der Waals surface area contributed by atoms with Crippen molar-refractivity contribution in [3.05, 3.63) is 45.6 Å². The van der Waals surface area contributed by atoms with Crippen molar-refractivity contribution in [3.63, 3.8) is 0 Å². The molecule has 0 spiro atoms.